The van der Waals surface area contributed by atoms with Gasteiger partial charge in [-0.05, 0) is 20.3 Å². The van der Waals surface area contributed by atoms with E-state index < -0.39 is 5.97 Å². The van der Waals surface area contributed by atoms with Gasteiger partial charge in [0.1, 0.15) is 5.69 Å². The molecule has 0 saturated carbocycles. The molecule has 0 amide bonds. The predicted molar refractivity (Wildman–Crippen MR) is 78.1 cm³/mol. The highest BCUT2D eigenvalue weighted by Gasteiger charge is 2.22. The van der Waals surface area contributed by atoms with Crippen molar-refractivity contribution in [1.29, 1.82) is 0 Å². The fourth-order valence-electron chi connectivity index (χ4n) is 1.97. The molecule has 0 spiro atoms. The van der Waals surface area contributed by atoms with Crippen molar-refractivity contribution in [2.45, 2.75) is 32.4 Å². The number of hydrogen-bond acceptors (Lipinski definition) is 4. The molecule has 1 aromatic heterocycles. The molecular formula is C15H19N3O3. The average molecular weight is 289 g/mol. The van der Waals surface area contributed by atoms with Crippen LogP contribution in [0.5, 0.6) is 0 Å². The van der Waals surface area contributed by atoms with Crippen LogP contribution in [-0.4, -0.2) is 38.8 Å². The number of rotatable bonds is 6. The van der Waals surface area contributed by atoms with E-state index in [0.29, 0.717) is 18.7 Å². The Morgan fingerprint density at radius 3 is 2.57 bits per heavy atom. The van der Waals surface area contributed by atoms with Crippen molar-refractivity contribution >= 4 is 5.97 Å². The minimum Gasteiger partial charge on any atom is -0.476 e. The number of hydrogen-bond donors (Lipinski definition) is 1. The standard InChI is InChI=1S/C15H19N3O3/c1-15(2,21-3)9-10-18-13(11-7-5-4-6-8-11)12(14(19)20)16-17-18/h4-8H,9-10H2,1-3H3,(H,19,20). The Labute approximate surface area is 123 Å². The number of carboxylic acids is 1. The third-order valence-electron chi connectivity index (χ3n) is 3.46. The van der Waals surface area contributed by atoms with Gasteiger partial charge < -0.3 is 9.84 Å². The molecule has 0 aliphatic heterocycles. The zero-order valence-corrected chi connectivity index (χ0v) is 12.4. The first-order valence-corrected chi connectivity index (χ1v) is 6.72. The van der Waals surface area contributed by atoms with Crippen LogP contribution in [0.3, 0.4) is 0 Å². The normalized spacial score (nSPS) is 11.6. The van der Waals surface area contributed by atoms with E-state index in [1.807, 2.05) is 44.2 Å². The lowest BCUT2D eigenvalue weighted by Gasteiger charge is -2.22. The number of aromatic carboxylic acids is 1. The molecule has 1 aromatic carbocycles. The largest absolute Gasteiger partial charge is 0.476 e. The highest BCUT2D eigenvalue weighted by Crippen LogP contribution is 2.23. The van der Waals surface area contributed by atoms with Crippen molar-refractivity contribution in [2.75, 3.05) is 7.11 Å². The van der Waals surface area contributed by atoms with Gasteiger partial charge in [0.15, 0.2) is 5.69 Å². The number of carboxylic acid groups (broad SMARTS) is 1. The van der Waals surface area contributed by atoms with Crippen LogP contribution in [-0.2, 0) is 11.3 Å². The van der Waals surface area contributed by atoms with Crippen molar-refractivity contribution in [3.63, 3.8) is 0 Å². The fraction of sp³-hybridized carbons (Fsp3) is 0.400. The summed E-state index contributed by atoms with van der Waals surface area (Å²) in [6, 6.07) is 9.30. The first-order chi connectivity index (χ1) is 9.94. The maximum atomic E-state index is 11.3. The van der Waals surface area contributed by atoms with Crippen molar-refractivity contribution in [3.8, 4) is 11.3 Å². The van der Waals surface area contributed by atoms with Crippen molar-refractivity contribution < 1.29 is 14.6 Å². The van der Waals surface area contributed by atoms with Crippen LogP contribution < -0.4 is 0 Å². The van der Waals surface area contributed by atoms with Crippen LogP contribution in [0, 0.1) is 0 Å². The van der Waals surface area contributed by atoms with E-state index in [-0.39, 0.29) is 11.3 Å². The first kappa shape index (κ1) is 15.2. The molecule has 0 aliphatic carbocycles. The lowest BCUT2D eigenvalue weighted by atomic mass is 10.0. The lowest BCUT2D eigenvalue weighted by Crippen LogP contribution is -2.25. The summed E-state index contributed by atoms with van der Waals surface area (Å²) in [7, 11) is 1.65. The lowest BCUT2D eigenvalue weighted by molar-refractivity contribution is 0.0113. The summed E-state index contributed by atoms with van der Waals surface area (Å²) in [4.78, 5) is 11.3. The molecule has 2 aromatic rings. The molecule has 112 valence electrons. The van der Waals surface area contributed by atoms with E-state index in [4.69, 9.17) is 4.74 Å². The monoisotopic (exact) mass is 289 g/mol. The smallest absolute Gasteiger partial charge is 0.358 e. The second-order valence-electron chi connectivity index (χ2n) is 5.39. The van der Waals surface area contributed by atoms with Gasteiger partial charge in [0.2, 0.25) is 0 Å². The molecular weight excluding hydrogens is 270 g/mol. The quantitative estimate of drug-likeness (QED) is 0.884. The van der Waals surface area contributed by atoms with Crippen LogP contribution in [0.2, 0.25) is 0 Å². The zero-order chi connectivity index (χ0) is 15.5. The number of methoxy groups -OCH3 is 1. The molecule has 0 saturated heterocycles. The van der Waals surface area contributed by atoms with Gasteiger partial charge in [-0.15, -0.1) is 5.10 Å². The Kier molecular flexibility index (Phi) is 4.37. The van der Waals surface area contributed by atoms with Gasteiger partial charge in [-0.3, -0.25) is 0 Å². The number of ether oxygens (including phenoxy) is 1. The van der Waals surface area contributed by atoms with E-state index in [1.54, 1.807) is 11.8 Å². The predicted octanol–water partition coefficient (Wildman–Crippen LogP) is 2.46. The van der Waals surface area contributed by atoms with Crippen LogP contribution in [0.1, 0.15) is 30.8 Å². The van der Waals surface area contributed by atoms with Crippen molar-refractivity contribution in [1.82, 2.24) is 15.0 Å². The number of nitrogens with zero attached hydrogens (tertiary/aromatic N) is 3. The Morgan fingerprint density at radius 2 is 2.00 bits per heavy atom. The Bertz CT molecular complexity index is 620. The van der Waals surface area contributed by atoms with E-state index >= 15 is 0 Å². The van der Waals surface area contributed by atoms with Gasteiger partial charge in [0, 0.05) is 19.2 Å². The van der Waals surface area contributed by atoms with Gasteiger partial charge >= 0.3 is 5.97 Å². The summed E-state index contributed by atoms with van der Waals surface area (Å²) >= 11 is 0. The molecule has 2 rings (SSSR count). The third-order valence-corrected chi connectivity index (χ3v) is 3.46. The molecule has 0 bridgehead atoms. The number of aromatic nitrogens is 3. The highest BCUT2D eigenvalue weighted by atomic mass is 16.5. The van der Waals surface area contributed by atoms with E-state index in [0.717, 1.165) is 5.56 Å². The van der Waals surface area contributed by atoms with Gasteiger partial charge in [0.05, 0.1) is 5.60 Å². The molecule has 6 heteroatoms. The maximum absolute atomic E-state index is 11.3. The van der Waals surface area contributed by atoms with Crippen molar-refractivity contribution in [2.24, 2.45) is 0 Å². The number of carbonyl (C=O) groups is 1. The summed E-state index contributed by atoms with van der Waals surface area (Å²) in [6.45, 7) is 4.49. The third kappa shape index (κ3) is 3.46. The minimum absolute atomic E-state index is 0.0311. The topological polar surface area (TPSA) is 77.2 Å². The highest BCUT2D eigenvalue weighted by molar-refractivity contribution is 5.92. The number of benzene rings is 1. The second-order valence-corrected chi connectivity index (χ2v) is 5.39. The molecule has 0 fully saturated rings. The van der Waals surface area contributed by atoms with Gasteiger partial charge in [0.25, 0.3) is 0 Å². The Hall–Kier alpha value is -2.21. The van der Waals surface area contributed by atoms with Crippen LogP contribution in [0.4, 0.5) is 0 Å². The molecule has 0 aliphatic rings. The van der Waals surface area contributed by atoms with Crippen molar-refractivity contribution in [3.05, 3.63) is 36.0 Å². The summed E-state index contributed by atoms with van der Waals surface area (Å²) in [5, 5.41) is 17.0. The molecule has 0 unspecified atom stereocenters. The van der Waals surface area contributed by atoms with Gasteiger partial charge in [-0.2, -0.15) is 0 Å². The molecule has 1 heterocycles. The van der Waals surface area contributed by atoms with Crippen LogP contribution in [0.15, 0.2) is 30.3 Å². The maximum Gasteiger partial charge on any atom is 0.358 e. The first-order valence-electron chi connectivity index (χ1n) is 6.72. The minimum atomic E-state index is -1.08. The van der Waals surface area contributed by atoms with E-state index in [2.05, 4.69) is 10.3 Å². The fourth-order valence-corrected chi connectivity index (χ4v) is 1.97. The number of aryl methyl sites for hydroxylation is 1. The summed E-state index contributed by atoms with van der Waals surface area (Å²) in [5.41, 5.74) is 0.977. The van der Waals surface area contributed by atoms with E-state index in [9.17, 15) is 9.90 Å². The molecule has 0 radical (unpaired) electrons. The van der Waals surface area contributed by atoms with Gasteiger partial charge in [-0.1, -0.05) is 35.5 Å². The van der Waals surface area contributed by atoms with E-state index in [1.165, 1.54) is 0 Å². The molecule has 0 atom stereocenters. The second kappa shape index (κ2) is 6.05. The molecule has 1 N–H and O–H groups in total. The molecule has 6 nitrogen and oxygen atoms in total. The Balaban J connectivity index is 2.37. The SMILES string of the molecule is COC(C)(C)CCn1nnc(C(=O)O)c1-c1ccccc1. The van der Waals surface area contributed by atoms with Gasteiger partial charge in [-0.25, -0.2) is 9.48 Å². The summed E-state index contributed by atoms with van der Waals surface area (Å²) < 4.78 is 7.01. The summed E-state index contributed by atoms with van der Waals surface area (Å²) in [5.74, 6) is -1.08. The zero-order valence-electron chi connectivity index (χ0n) is 12.4. The summed E-state index contributed by atoms with van der Waals surface area (Å²) in [6.07, 6.45) is 0.700. The average Bonchev–Trinajstić information content (AvgIpc) is 2.90. The van der Waals surface area contributed by atoms with Crippen LogP contribution in [0.25, 0.3) is 11.3 Å². The van der Waals surface area contributed by atoms with Crippen LogP contribution >= 0.6 is 0 Å². The molecule has 21 heavy (non-hydrogen) atoms. The Morgan fingerprint density at radius 1 is 1.33 bits per heavy atom.